The average molecular weight is 146 g/mol. The highest BCUT2D eigenvalue weighted by Gasteiger charge is 1.96. The van der Waals surface area contributed by atoms with Crippen LogP contribution in [0.5, 0.6) is 0 Å². The van der Waals surface area contributed by atoms with Crippen molar-refractivity contribution in [1.29, 1.82) is 0 Å². The van der Waals surface area contributed by atoms with Gasteiger partial charge in [0.05, 0.1) is 0 Å². The zero-order valence-electron chi connectivity index (χ0n) is 6.70. The summed E-state index contributed by atoms with van der Waals surface area (Å²) in [7, 11) is 2.00. The fourth-order valence-electron chi connectivity index (χ4n) is 1.26. The lowest BCUT2D eigenvalue weighted by atomic mass is 10.2. The Bertz CT molecular complexity index is 387. The Kier molecular flexibility index (Phi) is 1.22. The van der Waals surface area contributed by atoms with Gasteiger partial charge in [-0.2, -0.15) is 0 Å². The summed E-state index contributed by atoms with van der Waals surface area (Å²) in [5.41, 5.74) is 2.26. The van der Waals surface area contributed by atoms with Crippen molar-refractivity contribution in [3.63, 3.8) is 0 Å². The molecule has 0 bridgehead atoms. The molecule has 2 nitrogen and oxygen atoms in total. The monoisotopic (exact) mass is 146 g/mol. The van der Waals surface area contributed by atoms with E-state index in [1.54, 1.807) is 0 Å². The number of fused-ring (bicyclic) bond motifs is 1. The molecule has 0 fully saturated rings. The first-order valence-corrected chi connectivity index (χ1v) is 3.65. The van der Waals surface area contributed by atoms with E-state index < -0.39 is 0 Å². The van der Waals surface area contributed by atoms with E-state index >= 15 is 0 Å². The second kappa shape index (κ2) is 2.09. The minimum Gasteiger partial charge on any atom is -0.336 e. The number of nitrogens with zero attached hydrogens (tertiary/aromatic N) is 2. The number of hydrogen-bond donors (Lipinski definition) is 0. The molecule has 0 saturated heterocycles. The molecule has 2 heterocycles. The third-order valence-electron chi connectivity index (χ3n) is 1.84. The molecule has 0 radical (unpaired) electrons. The smallest absolute Gasteiger partial charge is 0.139 e. The van der Waals surface area contributed by atoms with Crippen LogP contribution < -0.4 is 0 Å². The minimum absolute atomic E-state index is 1.05. The highest BCUT2D eigenvalue weighted by atomic mass is 15.0. The van der Waals surface area contributed by atoms with Gasteiger partial charge in [-0.3, -0.25) is 0 Å². The van der Waals surface area contributed by atoms with Gasteiger partial charge < -0.3 is 4.57 Å². The largest absolute Gasteiger partial charge is 0.336 e. The van der Waals surface area contributed by atoms with Crippen LogP contribution in [0.25, 0.3) is 11.0 Å². The maximum Gasteiger partial charge on any atom is 0.139 e. The number of aryl methyl sites for hydroxylation is 2. The van der Waals surface area contributed by atoms with Crippen LogP contribution in [0.1, 0.15) is 5.56 Å². The molecule has 11 heavy (non-hydrogen) atoms. The third kappa shape index (κ3) is 0.909. The highest BCUT2D eigenvalue weighted by molar-refractivity contribution is 5.76. The molecule has 0 aliphatic rings. The number of pyridine rings is 1. The number of rotatable bonds is 0. The maximum absolute atomic E-state index is 4.30. The summed E-state index contributed by atoms with van der Waals surface area (Å²) < 4.78 is 2.02. The van der Waals surface area contributed by atoms with Gasteiger partial charge in [0.2, 0.25) is 0 Å². The van der Waals surface area contributed by atoms with Crippen molar-refractivity contribution in [2.45, 2.75) is 6.92 Å². The van der Waals surface area contributed by atoms with Crippen LogP contribution in [0, 0.1) is 6.92 Å². The standard InChI is InChI=1S/C9H10N2/c1-7-5-8-3-4-11(2)9(8)10-6-7/h3-6H,1-2H3. The topological polar surface area (TPSA) is 17.8 Å². The lowest BCUT2D eigenvalue weighted by molar-refractivity contribution is 0.947. The van der Waals surface area contributed by atoms with Crippen LogP contribution in [0.2, 0.25) is 0 Å². The zero-order chi connectivity index (χ0) is 7.84. The van der Waals surface area contributed by atoms with Crippen molar-refractivity contribution in [2.24, 2.45) is 7.05 Å². The molecule has 0 atom stereocenters. The van der Waals surface area contributed by atoms with Crippen LogP contribution in [-0.4, -0.2) is 9.55 Å². The summed E-state index contributed by atoms with van der Waals surface area (Å²) in [4.78, 5) is 4.30. The van der Waals surface area contributed by atoms with Crippen LogP contribution in [-0.2, 0) is 7.05 Å². The van der Waals surface area contributed by atoms with Crippen molar-refractivity contribution in [1.82, 2.24) is 9.55 Å². The van der Waals surface area contributed by atoms with Gasteiger partial charge in [0, 0.05) is 24.8 Å². The summed E-state index contributed by atoms with van der Waals surface area (Å²) in [6, 6.07) is 4.22. The molecular weight excluding hydrogens is 136 g/mol. The van der Waals surface area contributed by atoms with E-state index in [2.05, 4.69) is 24.0 Å². The van der Waals surface area contributed by atoms with Crippen molar-refractivity contribution in [3.8, 4) is 0 Å². The Balaban J connectivity index is 2.86. The van der Waals surface area contributed by atoms with E-state index in [-0.39, 0.29) is 0 Å². The molecule has 2 heteroatoms. The average Bonchev–Trinajstić information content (AvgIpc) is 2.32. The summed E-state index contributed by atoms with van der Waals surface area (Å²) in [5.74, 6) is 0. The van der Waals surface area contributed by atoms with E-state index in [1.807, 2.05) is 24.0 Å². The van der Waals surface area contributed by atoms with Crippen LogP contribution in [0.15, 0.2) is 24.5 Å². The van der Waals surface area contributed by atoms with Gasteiger partial charge in [-0.25, -0.2) is 4.98 Å². The molecule has 0 aliphatic heterocycles. The number of hydrogen-bond acceptors (Lipinski definition) is 1. The number of aromatic nitrogens is 2. The van der Waals surface area contributed by atoms with Crippen LogP contribution in [0.4, 0.5) is 0 Å². The third-order valence-corrected chi connectivity index (χ3v) is 1.84. The van der Waals surface area contributed by atoms with Gasteiger partial charge in [-0.15, -0.1) is 0 Å². The summed E-state index contributed by atoms with van der Waals surface area (Å²) in [6.45, 7) is 2.06. The van der Waals surface area contributed by atoms with E-state index in [0.717, 1.165) is 5.65 Å². The Hall–Kier alpha value is -1.31. The second-order valence-electron chi connectivity index (χ2n) is 2.85. The first kappa shape index (κ1) is 6.40. The Labute approximate surface area is 65.5 Å². The molecule has 0 aromatic carbocycles. The summed E-state index contributed by atoms with van der Waals surface area (Å²) in [5, 5.41) is 1.22. The molecule has 0 spiro atoms. The maximum atomic E-state index is 4.30. The first-order chi connectivity index (χ1) is 5.27. The quantitative estimate of drug-likeness (QED) is 0.555. The Morgan fingerprint density at radius 3 is 3.09 bits per heavy atom. The predicted octanol–water partition coefficient (Wildman–Crippen LogP) is 1.88. The van der Waals surface area contributed by atoms with E-state index in [1.165, 1.54) is 10.9 Å². The highest BCUT2D eigenvalue weighted by Crippen LogP contribution is 2.12. The van der Waals surface area contributed by atoms with Gasteiger partial charge >= 0.3 is 0 Å². The lowest BCUT2D eigenvalue weighted by Crippen LogP contribution is -1.87. The molecule has 2 aromatic rings. The molecule has 0 N–H and O–H groups in total. The fraction of sp³-hybridized carbons (Fsp3) is 0.222. The van der Waals surface area contributed by atoms with E-state index in [0.29, 0.717) is 0 Å². The minimum atomic E-state index is 1.05. The summed E-state index contributed by atoms with van der Waals surface area (Å²) >= 11 is 0. The second-order valence-corrected chi connectivity index (χ2v) is 2.85. The fourth-order valence-corrected chi connectivity index (χ4v) is 1.26. The van der Waals surface area contributed by atoms with Gasteiger partial charge in [0.1, 0.15) is 5.65 Å². The lowest BCUT2D eigenvalue weighted by Gasteiger charge is -1.94. The van der Waals surface area contributed by atoms with Crippen molar-refractivity contribution in [2.75, 3.05) is 0 Å². The van der Waals surface area contributed by atoms with Crippen LogP contribution >= 0.6 is 0 Å². The molecule has 56 valence electrons. The SMILES string of the molecule is Cc1cnc2c(ccn2C)c1. The molecular formula is C9H10N2. The molecule has 0 saturated carbocycles. The van der Waals surface area contributed by atoms with E-state index in [4.69, 9.17) is 0 Å². The Morgan fingerprint density at radius 2 is 2.27 bits per heavy atom. The first-order valence-electron chi connectivity index (χ1n) is 3.65. The van der Waals surface area contributed by atoms with Gasteiger partial charge in [-0.05, 0) is 24.6 Å². The zero-order valence-corrected chi connectivity index (χ0v) is 6.70. The normalized spacial score (nSPS) is 10.7. The van der Waals surface area contributed by atoms with Gasteiger partial charge in [0.15, 0.2) is 0 Å². The molecule has 2 aromatic heterocycles. The molecule has 0 amide bonds. The van der Waals surface area contributed by atoms with Crippen molar-refractivity contribution >= 4 is 11.0 Å². The van der Waals surface area contributed by atoms with Crippen LogP contribution in [0.3, 0.4) is 0 Å². The van der Waals surface area contributed by atoms with Gasteiger partial charge in [-0.1, -0.05) is 0 Å². The van der Waals surface area contributed by atoms with E-state index in [9.17, 15) is 0 Å². The molecule has 0 aliphatic carbocycles. The van der Waals surface area contributed by atoms with Gasteiger partial charge in [0.25, 0.3) is 0 Å². The van der Waals surface area contributed by atoms with Crippen molar-refractivity contribution < 1.29 is 0 Å². The molecule has 2 rings (SSSR count). The molecule has 0 unspecified atom stereocenters. The Morgan fingerprint density at radius 1 is 1.45 bits per heavy atom. The summed E-state index contributed by atoms with van der Waals surface area (Å²) in [6.07, 6.45) is 3.92. The predicted molar refractivity (Wildman–Crippen MR) is 45.5 cm³/mol. The van der Waals surface area contributed by atoms with Crippen molar-refractivity contribution in [3.05, 3.63) is 30.1 Å².